The van der Waals surface area contributed by atoms with Crippen LogP contribution in [0.25, 0.3) is 0 Å². The van der Waals surface area contributed by atoms with Gasteiger partial charge in [-0.2, -0.15) is 0 Å². The monoisotopic (exact) mass is 140 g/mol. The third-order valence-corrected chi connectivity index (χ3v) is 1.17. The fourth-order valence-electron chi connectivity index (χ4n) is 0.653. The van der Waals surface area contributed by atoms with Gasteiger partial charge in [0, 0.05) is 0 Å². The Kier molecular flexibility index (Phi) is 1.52. The minimum absolute atomic E-state index is 0.464. The van der Waals surface area contributed by atoms with Crippen LogP contribution in [0, 0.1) is 6.92 Å². The highest BCUT2D eigenvalue weighted by molar-refractivity contribution is 4.99. The van der Waals surface area contributed by atoms with E-state index in [0.29, 0.717) is 5.89 Å². The second-order valence-electron chi connectivity index (χ2n) is 3.00. The van der Waals surface area contributed by atoms with E-state index in [4.69, 9.17) is 10.2 Å². The maximum absolute atomic E-state index is 5.71. The number of nitrogens with zero attached hydrogens (tertiary/aromatic N) is 1. The van der Waals surface area contributed by atoms with E-state index in [1.807, 2.05) is 20.8 Å². The van der Waals surface area contributed by atoms with Crippen molar-refractivity contribution in [3.63, 3.8) is 0 Å². The van der Waals surface area contributed by atoms with Crippen molar-refractivity contribution in [3.8, 4) is 0 Å². The molecular formula is C7H12N2O. The lowest BCUT2D eigenvalue weighted by molar-refractivity contribution is 0.367. The van der Waals surface area contributed by atoms with Gasteiger partial charge in [0.05, 0.1) is 11.7 Å². The molecule has 1 aromatic heterocycles. The van der Waals surface area contributed by atoms with Crippen molar-refractivity contribution in [1.29, 1.82) is 0 Å². The third-order valence-electron chi connectivity index (χ3n) is 1.17. The molecule has 0 spiro atoms. The molecule has 0 bridgehead atoms. The average Bonchev–Trinajstić information content (AvgIpc) is 2.11. The summed E-state index contributed by atoms with van der Waals surface area (Å²) >= 11 is 0. The molecule has 10 heavy (non-hydrogen) atoms. The molecule has 0 saturated carbocycles. The lowest BCUT2D eigenvalue weighted by Gasteiger charge is -2.12. The van der Waals surface area contributed by atoms with E-state index in [2.05, 4.69) is 4.98 Å². The van der Waals surface area contributed by atoms with E-state index in [0.717, 1.165) is 5.76 Å². The maximum Gasteiger partial charge on any atom is 0.213 e. The van der Waals surface area contributed by atoms with Crippen molar-refractivity contribution in [2.75, 3.05) is 0 Å². The topological polar surface area (TPSA) is 52.0 Å². The van der Waals surface area contributed by atoms with Gasteiger partial charge in [-0.3, -0.25) is 0 Å². The van der Waals surface area contributed by atoms with Gasteiger partial charge in [0.25, 0.3) is 0 Å². The summed E-state index contributed by atoms with van der Waals surface area (Å²) in [5.74, 6) is 1.39. The molecule has 0 aliphatic heterocycles. The van der Waals surface area contributed by atoms with Crippen LogP contribution in [0.5, 0.6) is 0 Å². The van der Waals surface area contributed by atoms with Crippen molar-refractivity contribution in [3.05, 3.63) is 17.8 Å². The van der Waals surface area contributed by atoms with Gasteiger partial charge >= 0.3 is 0 Å². The Morgan fingerprint density at radius 3 is 2.40 bits per heavy atom. The third kappa shape index (κ3) is 1.36. The standard InChI is InChI=1S/C7H12N2O/c1-5-4-9-6(10-5)7(2,3)8/h4H,8H2,1-3H3. The first kappa shape index (κ1) is 7.28. The van der Waals surface area contributed by atoms with E-state index in [1.54, 1.807) is 6.20 Å². The van der Waals surface area contributed by atoms with Crippen molar-refractivity contribution in [2.45, 2.75) is 26.3 Å². The van der Waals surface area contributed by atoms with E-state index in [1.165, 1.54) is 0 Å². The first-order valence-electron chi connectivity index (χ1n) is 3.22. The minimum Gasteiger partial charge on any atom is -0.444 e. The summed E-state index contributed by atoms with van der Waals surface area (Å²) in [4.78, 5) is 4.00. The number of nitrogens with two attached hydrogens (primary N) is 1. The largest absolute Gasteiger partial charge is 0.444 e. The number of hydrogen-bond donors (Lipinski definition) is 1. The van der Waals surface area contributed by atoms with Crippen LogP contribution in [-0.4, -0.2) is 4.98 Å². The van der Waals surface area contributed by atoms with Crippen molar-refractivity contribution >= 4 is 0 Å². The molecule has 0 aliphatic rings. The Labute approximate surface area is 60.2 Å². The Bertz CT molecular complexity index is 222. The minimum atomic E-state index is -0.464. The van der Waals surface area contributed by atoms with Gasteiger partial charge in [0.1, 0.15) is 5.76 Å². The average molecular weight is 140 g/mol. The van der Waals surface area contributed by atoms with Crippen LogP contribution in [0.2, 0.25) is 0 Å². The van der Waals surface area contributed by atoms with E-state index in [9.17, 15) is 0 Å². The quantitative estimate of drug-likeness (QED) is 0.637. The second-order valence-corrected chi connectivity index (χ2v) is 3.00. The van der Waals surface area contributed by atoms with Gasteiger partial charge in [-0.15, -0.1) is 0 Å². The SMILES string of the molecule is Cc1cnc(C(C)(C)N)o1. The van der Waals surface area contributed by atoms with Gasteiger partial charge in [-0.25, -0.2) is 4.98 Å². The van der Waals surface area contributed by atoms with Gasteiger partial charge in [0.2, 0.25) is 5.89 Å². The molecule has 1 aromatic rings. The van der Waals surface area contributed by atoms with Gasteiger partial charge in [-0.1, -0.05) is 0 Å². The molecule has 0 radical (unpaired) electrons. The lowest BCUT2D eigenvalue weighted by Crippen LogP contribution is -2.28. The molecule has 0 aromatic carbocycles. The van der Waals surface area contributed by atoms with E-state index in [-0.39, 0.29) is 0 Å². The first-order chi connectivity index (χ1) is 4.50. The summed E-state index contributed by atoms with van der Waals surface area (Å²) in [7, 11) is 0. The fourth-order valence-corrected chi connectivity index (χ4v) is 0.653. The molecule has 56 valence electrons. The Morgan fingerprint density at radius 2 is 2.20 bits per heavy atom. The first-order valence-corrected chi connectivity index (χ1v) is 3.22. The molecule has 3 nitrogen and oxygen atoms in total. The molecule has 1 heterocycles. The van der Waals surface area contributed by atoms with Gasteiger partial charge in [-0.05, 0) is 20.8 Å². The number of rotatable bonds is 1. The molecular weight excluding hydrogens is 128 g/mol. The van der Waals surface area contributed by atoms with Crippen molar-refractivity contribution in [2.24, 2.45) is 5.73 Å². The lowest BCUT2D eigenvalue weighted by atomic mass is 10.1. The number of oxazole rings is 1. The van der Waals surface area contributed by atoms with Crippen LogP contribution in [-0.2, 0) is 5.54 Å². The summed E-state index contributed by atoms with van der Waals surface area (Å²) in [6.07, 6.45) is 1.67. The van der Waals surface area contributed by atoms with Crippen molar-refractivity contribution in [1.82, 2.24) is 4.98 Å². The van der Waals surface area contributed by atoms with Crippen LogP contribution >= 0.6 is 0 Å². The van der Waals surface area contributed by atoms with Crippen LogP contribution in [0.3, 0.4) is 0 Å². The number of hydrogen-bond acceptors (Lipinski definition) is 3. The molecule has 2 N–H and O–H groups in total. The molecule has 3 heteroatoms. The van der Waals surface area contributed by atoms with E-state index < -0.39 is 5.54 Å². The Balaban J connectivity index is 2.96. The summed E-state index contributed by atoms with van der Waals surface area (Å²) in [6, 6.07) is 0. The predicted molar refractivity (Wildman–Crippen MR) is 38.5 cm³/mol. The zero-order valence-corrected chi connectivity index (χ0v) is 6.51. The smallest absolute Gasteiger partial charge is 0.213 e. The van der Waals surface area contributed by atoms with E-state index >= 15 is 0 Å². The normalized spacial score (nSPS) is 12.0. The highest BCUT2D eigenvalue weighted by atomic mass is 16.4. The fraction of sp³-hybridized carbons (Fsp3) is 0.571. The molecule has 0 aliphatic carbocycles. The summed E-state index contributed by atoms with van der Waals surface area (Å²) in [5, 5.41) is 0. The Hall–Kier alpha value is -0.830. The molecule has 1 rings (SSSR count). The molecule has 0 amide bonds. The van der Waals surface area contributed by atoms with Crippen molar-refractivity contribution < 1.29 is 4.42 Å². The molecule has 0 saturated heterocycles. The van der Waals surface area contributed by atoms with Crippen LogP contribution in [0.15, 0.2) is 10.6 Å². The second kappa shape index (κ2) is 2.09. The van der Waals surface area contributed by atoms with Gasteiger partial charge < -0.3 is 10.2 Å². The highest BCUT2D eigenvalue weighted by Gasteiger charge is 2.19. The summed E-state index contributed by atoms with van der Waals surface area (Å²) in [6.45, 7) is 5.57. The van der Waals surface area contributed by atoms with Crippen LogP contribution in [0.4, 0.5) is 0 Å². The molecule has 0 atom stereocenters. The summed E-state index contributed by atoms with van der Waals surface area (Å²) < 4.78 is 5.21. The number of aromatic nitrogens is 1. The molecule has 0 fully saturated rings. The zero-order valence-electron chi connectivity index (χ0n) is 6.51. The summed E-state index contributed by atoms with van der Waals surface area (Å²) in [5.41, 5.74) is 5.25. The predicted octanol–water partition coefficient (Wildman–Crippen LogP) is 1.18. The van der Waals surface area contributed by atoms with Gasteiger partial charge in [0.15, 0.2) is 0 Å². The zero-order chi connectivity index (χ0) is 7.78. The maximum atomic E-state index is 5.71. The molecule has 0 unspecified atom stereocenters. The Morgan fingerprint density at radius 1 is 1.60 bits per heavy atom. The highest BCUT2D eigenvalue weighted by Crippen LogP contribution is 2.15. The van der Waals surface area contributed by atoms with Crippen LogP contribution < -0.4 is 5.73 Å². The number of aryl methyl sites for hydroxylation is 1. The van der Waals surface area contributed by atoms with Crippen LogP contribution in [0.1, 0.15) is 25.5 Å².